The second-order valence-electron chi connectivity index (χ2n) is 6.26. The van der Waals surface area contributed by atoms with Crippen LogP contribution in [0.15, 0.2) is 21.8 Å². The number of aliphatic imine (C=N–C) groups is 1. The van der Waals surface area contributed by atoms with E-state index in [1.54, 1.807) is 18.4 Å². The Morgan fingerprint density at radius 2 is 2.19 bits per heavy atom. The van der Waals surface area contributed by atoms with E-state index in [0.29, 0.717) is 24.8 Å². The first-order chi connectivity index (χ1) is 11.9. The lowest BCUT2D eigenvalue weighted by Crippen LogP contribution is -2.42. The number of hydrogen-bond donors (Lipinski definition) is 3. The lowest BCUT2D eigenvalue weighted by Gasteiger charge is -2.16. The van der Waals surface area contributed by atoms with E-state index in [1.165, 1.54) is 5.56 Å². The van der Waals surface area contributed by atoms with Gasteiger partial charge in [-0.1, -0.05) is 6.92 Å². The van der Waals surface area contributed by atoms with E-state index in [0.717, 1.165) is 6.54 Å². The first kappa shape index (κ1) is 23.2. The molecule has 0 aliphatic carbocycles. The Morgan fingerprint density at radius 1 is 1.42 bits per heavy atom. The third-order valence-electron chi connectivity index (χ3n) is 4.15. The maximum absolute atomic E-state index is 11.9. The molecule has 1 fully saturated rings. The maximum Gasteiger partial charge on any atom is 0.222 e. The van der Waals surface area contributed by atoms with Gasteiger partial charge >= 0.3 is 0 Å². The highest BCUT2D eigenvalue weighted by Crippen LogP contribution is 2.16. The first-order valence-corrected chi connectivity index (χ1v) is 11.1. The summed E-state index contributed by atoms with van der Waals surface area (Å²) in [6.45, 7) is 3.34. The van der Waals surface area contributed by atoms with Crippen LogP contribution in [0.1, 0.15) is 31.2 Å². The van der Waals surface area contributed by atoms with Crippen LogP contribution >= 0.6 is 35.3 Å². The third kappa shape index (κ3) is 7.78. The molecule has 1 aromatic heterocycles. The van der Waals surface area contributed by atoms with E-state index in [-0.39, 0.29) is 53.9 Å². The molecule has 0 saturated carbocycles. The van der Waals surface area contributed by atoms with Crippen LogP contribution < -0.4 is 16.0 Å². The molecule has 0 bridgehead atoms. The lowest BCUT2D eigenvalue weighted by molar-refractivity contribution is -0.121. The third-order valence-corrected chi connectivity index (χ3v) is 6.62. The van der Waals surface area contributed by atoms with Crippen molar-refractivity contribution in [2.24, 2.45) is 4.99 Å². The highest BCUT2D eigenvalue weighted by molar-refractivity contribution is 14.0. The number of amides is 1. The van der Waals surface area contributed by atoms with E-state index in [9.17, 15) is 13.2 Å². The Labute approximate surface area is 176 Å². The zero-order valence-corrected chi connectivity index (χ0v) is 19.0. The summed E-state index contributed by atoms with van der Waals surface area (Å²) >= 11 is 1.68. The van der Waals surface area contributed by atoms with Crippen molar-refractivity contribution in [1.29, 1.82) is 0 Å². The Morgan fingerprint density at radius 3 is 2.77 bits per heavy atom. The lowest BCUT2D eigenvalue weighted by atomic mass is 10.1. The summed E-state index contributed by atoms with van der Waals surface area (Å²) < 4.78 is 22.8. The number of nitrogens with one attached hydrogen (secondary N) is 3. The molecule has 148 valence electrons. The largest absolute Gasteiger partial charge is 0.356 e. The molecule has 0 aromatic carbocycles. The van der Waals surface area contributed by atoms with E-state index >= 15 is 0 Å². The van der Waals surface area contributed by atoms with Crippen molar-refractivity contribution in [3.05, 3.63) is 22.4 Å². The summed E-state index contributed by atoms with van der Waals surface area (Å²) in [6, 6.07) is 1.86. The molecule has 2 rings (SSSR count). The predicted molar refractivity (Wildman–Crippen MR) is 117 cm³/mol. The first-order valence-electron chi connectivity index (χ1n) is 8.36. The fourth-order valence-corrected chi connectivity index (χ4v) is 5.10. The number of nitrogens with zero attached hydrogens (tertiary/aromatic N) is 1. The fourth-order valence-electron chi connectivity index (χ4n) is 2.65. The highest BCUT2D eigenvalue weighted by atomic mass is 127. The van der Waals surface area contributed by atoms with Crippen molar-refractivity contribution < 1.29 is 13.2 Å². The van der Waals surface area contributed by atoms with Crippen molar-refractivity contribution in [3.8, 4) is 0 Å². The van der Waals surface area contributed by atoms with Gasteiger partial charge in [0.25, 0.3) is 0 Å². The van der Waals surface area contributed by atoms with Gasteiger partial charge in [-0.25, -0.2) is 8.42 Å². The summed E-state index contributed by atoms with van der Waals surface area (Å²) in [5, 5.41) is 13.3. The maximum atomic E-state index is 11.9. The van der Waals surface area contributed by atoms with Crippen LogP contribution in [0.25, 0.3) is 0 Å². The summed E-state index contributed by atoms with van der Waals surface area (Å²) in [6.07, 6.45) is 0.780. The molecule has 2 unspecified atom stereocenters. The Balaban J connectivity index is 0.00000338. The molecule has 1 aromatic rings. The molecule has 1 aliphatic heterocycles. The predicted octanol–water partition coefficient (Wildman–Crippen LogP) is 1.33. The molecule has 0 radical (unpaired) electrons. The average molecular weight is 514 g/mol. The average Bonchev–Trinajstić information content (AvgIpc) is 3.20. The Bertz CT molecular complexity index is 692. The van der Waals surface area contributed by atoms with Gasteiger partial charge in [-0.15, -0.1) is 24.0 Å². The Kier molecular flexibility index (Phi) is 9.86. The summed E-state index contributed by atoms with van der Waals surface area (Å²) in [4.78, 5) is 16.0. The normalized spacial score (nSPS) is 20.1. The van der Waals surface area contributed by atoms with Crippen molar-refractivity contribution >= 4 is 57.0 Å². The van der Waals surface area contributed by atoms with Gasteiger partial charge in [0.05, 0.1) is 11.5 Å². The zero-order chi connectivity index (χ0) is 18.3. The molecule has 3 N–H and O–H groups in total. The number of carbonyl (C=O) groups excluding carboxylic acids is 1. The minimum Gasteiger partial charge on any atom is -0.356 e. The van der Waals surface area contributed by atoms with Crippen LogP contribution in [0.4, 0.5) is 0 Å². The second kappa shape index (κ2) is 11.1. The van der Waals surface area contributed by atoms with Gasteiger partial charge in [-0.3, -0.25) is 9.79 Å². The van der Waals surface area contributed by atoms with Crippen molar-refractivity contribution in [1.82, 2.24) is 16.0 Å². The van der Waals surface area contributed by atoms with Gasteiger partial charge in [0.1, 0.15) is 0 Å². The molecule has 2 heterocycles. The summed E-state index contributed by atoms with van der Waals surface area (Å²) in [5.74, 6) is 1.10. The molecular weight excluding hydrogens is 487 g/mol. The van der Waals surface area contributed by atoms with Gasteiger partial charge in [0, 0.05) is 32.6 Å². The second-order valence-corrected chi connectivity index (χ2v) is 9.26. The van der Waals surface area contributed by atoms with Gasteiger partial charge in [0.15, 0.2) is 15.8 Å². The molecule has 1 saturated heterocycles. The van der Waals surface area contributed by atoms with Crippen LogP contribution in [0.5, 0.6) is 0 Å². The van der Waals surface area contributed by atoms with E-state index < -0.39 is 9.84 Å². The molecule has 10 heteroatoms. The number of hydrogen-bond acceptors (Lipinski definition) is 5. The minimum atomic E-state index is -2.97. The number of sulfone groups is 1. The van der Waals surface area contributed by atoms with Gasteiger partial charge in [-0.05, 0) is 34.7 Å². The van der Waals surface area contributed by atoms with Crippen LogP contribution in [-0.2, 0) is 14.6 Å². The van der Waals surface area contributed by atoms with Gasteiger partial charge < -0.3 is 16.0 Å². The van der Waals surface area contributed by atoms with E-state index in [2.05, 4.69) is 44.7 Å². The molecular formula is C16H27IN4O3S2. The van der Waals surface area contributed by atoms with Crippen LogP contribution in [0.3, 0.4) is 0 Å². The zero-order valence-electron chi connectivity index (χ0n) is 15.0. The van der Waals surface area contributed by atoms with Crippen LogP contribution in [0, 0.1) is 0 Å². The van der Waals surface area contributed by atoms with E-state index in [4.69, 9.17) is 0 Å². The molecule has 1 amide bonds. The Hall–Kier alpha value is -0.880. The van der Waals surface area contributed by atoms with Crippen molar-refractivity contribution in [3.63, 3.8) is 0 Å². The monoisotopic (exact) mass is 514 g/mol. The molecule has 26 heavy (non-hydrogen) atoms. The fraction of sp³-hybridized carbons (Fsp3) is 0.625. The van der Waals surface area contributed by atoms with Crippen LogP contribution in [0.2, 0.25) is 0 Å². The minimum absolute atomic E-state index is 0. The van der Waals surface area contributed by atoms with Gasteiger partial charge in [-0.2, -0.15) is 11.3 Å². The molecule has 2 atom stereocenters. The van der Waals surface area contributed by atoms with Crippen molar-refractivity contribution in [2.75, 3.05) is 31.6 Å². The smallest absolute Gasteiger partial charge is 0.222 e. The SMILES string of the molecule is CN=C(NCCC(=O)NC1CCS(=O)(=O)C1)NCC(C)c1ccsc1.I. The standard InChI is InChI=1S/C16H26N4O3S2.HI/c1-12(13-4-7-24-10-13)9-19-16(17-2)18-6-3-15(21)20-14-5-8-25(22,23)11-14;/h4,7,10,12,14H,3,5-6,8-9,11H2,1-2H3,(H,20,21)(H2,17,18,19);1H. The van der Waals surface area contributed by atoms with Crippen LogP contribution in [-0.4, -0.2) is 58.0 Å². The number of halogens is 1. The molecule has 0 spiro atoms. The number of rotatable bonds is 7. The summed E-state index contributed by atoms with van der Waals surface area (Å²) in [7, 11) is -1.28. The molecule has 1 aliphatic rings. The number of thiophene rings is 1. The quantitative estimate of drug-likeness (QED) is 0.290. The van der Waals surface area contributed by atoms with Gasteiger partial charge in [0.2, 0.25) is 5.91 Å². The number of carbonyl (C=O) groups is 1. The number of guanidine groups is 1. The molecule has 7 nitrogen and oxygen atoms in total. The van der Waals surface area contributed by atoms with E-state index in [1.807, 2.05) is 0 Å². The summed E-state index contributed by atoms with van der Waals surface area (Å²) in [5.41, 5.74) is 1.29. The van der Waals surface area contributed by atoms with Crippen molar-refractivity contribution in [2.45, 2.75) is 31.7 Å². The highest BCUT2D eigenvalue weighted by Gasteiger charge is 2.28. The topological polar surface area (TPSA) is 99.7 Å².